The summed E-state index contributed by atoms with van der Waals surface area (Å²) in [6.45, 7) is 4.75. The summed E-state index contributed by atoms with van der Waals surface area (Å²) in [5.74, 6) is -0.597. The Labute approximate surface area is 126 Å². The molecule has 0 aliphatic carbocycles. The summed E-state index contributed by atoms with van der Waals surface area (Å²) in [4.78, 5) is 24.4. The van der Waals surface area contributed by atoms with Crippen LogP contribution < -0.4 is 5.32 Å². The molecule has 0 radical (unpaired) electrons. The fourth-order valence-electron chi connectivity index (χ4n) is 1.89. The average molecular weight is 314 g/mol. The highest BCUT2D eigenvalue weighted by atomic mass is 32.1. The van der Waals surface area contributed by atoms with Crippen molar-refractivity contribution in [2.45, 2.75) is 26.4 Å². The Kier molecular flexibility index (Phi) is 5.07. The number of hydrogen-bond acceptors (Lipinski definition) is 6. The molecule has 1 atom stereocenters. The number of anilines is 1. The first kappa shape index (κ1) is 15.6. The summed E-state index contributed by atoms with van der Waals surface area (Å²) in [5.41, 5.74) is 0. The van der Waals surface area contributed by atoms with Crippen LogP contribution in [-0.2, 0) is 16.0 Å². The smallest absolute Gasteiger partial charge is 0.334 e. The Morgan fingerprint density at radius 3 is 2.95 bits per heavy atom. The molecular weight excluding hydrogens is 296 g/mol. The number of urea groups is 1. The SMILES string of the molecule is CC(C)Cc1nnc(NC(=O)N2CCOC(C(=O)O)C2)s1. The molecule has 1 aromatic rings. The second-order valence-corrected chi connectivity index (χ2v) is 6.23. The molecule has 9 heteroatoms. The van der Waals surface area contributed by atoms with Crippen molar-refractivity contribution >= 4 is 28.5 Å². The summed E-state index contributed by atoms with van der Waals surface area (Å²) < 4.78 is 5.07. The fraction of sp³-hybridized carbons (Fsp3) is 0.667. The molecule has 2 N–H and O–H groups in total. The molecule has 8 nitrogen and oxygen atoms in total. The van der Waals surface area contributed by atoms with Gasteiger partial charge in [0.15, 0.2) is 6.10 Å². The second kappa shape index (κ2) is 6.81. The Bertz CT molecular complexity index is 519. The number of aromatic nitrogens is 2. The molecule has 116 valence electrons. The zero-order valence-corrected chi connectivity index (χ0v) is 12.7. The number of amides is 2. The van der Waals surface area contributed by atoms with Gasteiger partial charge in [-0.25, -0.2) is 9.59 Å². The lowest BCUT2D eigenvalue weighted by Gasteiger charge is -2.30. The molecule has 21 heavy (non-hydrogen) atoms. The summed E-state index contributed by atoms with van der Waals surface area (Å²) in [6, 6.07) is -0.378. The normalized spacial score (nSPS) is 18.8. The Hall–Kier alpha value is -1.74. The Balaban J connectivity index is 1.91. The van der Waals surface area contributed by atoms with Crippen LogP contribution in [0.5, 0.6) is 0 Å². The molecule has 1 aliphatic heterocycles. The highest BCUT2D eigenvalue weighted by molar-refractivity contribution is 7.15. The van der Waals surface area contributed by atoms with Gasteiger partial charge < -0.3 is 14.7 Å². The van der Waals surface area contributed by atoms with Crippen LogP contribution in [-0.4, -0.2) is 58.0 Å². The molecule has 1 unspecified atom stereocenters. The van der Waals surface area contributed by atoms with Crippen molar-refractivity contribution in [2.75, 3.05) is 25.0 Å². The van der Waals surface area contributed by atoms with Crippen molar-refractivity contribution in [3.05, 3.63) is 5.01 Å². The van der Waals surface area contributed by atoms with E-state index in [-0.39, 0.29) is 19.2 Å². The standard InChI is InChI=1S/C12H18N4O4S/c1-7(2)5-9-14-15-11(21-9)13-12(19)16-3-4-20-8(6-16)10(17)18/h7-8H,3-6H2,1-2H3,(H,17,18)(H,13,15,19). The Morgan fingerprint density at radius 2 is 2.29 bits per heavy atom. The molecule has 1 aromatic heterocycles. The van der Waals surface area contributed by atoms with E-state index in [4.69, 9.17) is 9.84 Å². The highest BCUT2D eigenvalue weighted by Crippen LogP contribution is 2.19. The van der Waals surface area contributed by atoms with Crippen LogP contribution in [0.4, 0.5) is 9.93 Å². The predicted molar refractivity (Wildman–Crippen MR) is 76.4 cm³/mol. The Morgan fingerprint density at radius 1 is 1.52 bits per heavy atom. The van der Waals surface area contributed by atoms with E-state index < -0.39 is 12.1 Å². The second-order valence-electron chi connectivity index (χ2n) is 5.17. The van der Waals surface area contributed by atoms with E-state index >= 15 is 0 Å². The quantitative estimate of drug-likeness (QED) is 0.861. The molecule has 2 rings (SSSR count). The van der Waals surface area contributed by atoms with Gasteiger partial charge in [-0.05, 0) is 5.92 Å². The maximum absolute atomic E-state index is 12.1. The summed E-state index contributed by atoms with van der Waals surface area (Å²) in [7, 11) is 0. The third-order valence-electron chi connectivity index (χ3n) is 2.89. The molecule has 0 bridgehead atoms. The lowest BCUT2D eigenvalue weighted by molar-refractivity contribution is -0.154. The molecule has 0 aromatic carbocycles. The van der Waals surface area contributed by atoms with Crippen molar-refractivity contribution in [3.8, 4) is 0 Å². The van der Waals surface area contributed by atoms with E-state index in [9.17, 15) is 9.59 Å². The minimum atomic E-state index is -1.07. The van der Waals surface area contributed by atoms with Gasteiger partial charge in [0.05, 0.1) is 13.2 Å². The van der Waals surface area contributed by atoms with Crippen molar-refractivity contribution in [1.29, 1.82) is 0 Å². The van der Waals surface area contributed by atoms with Gasteiger partial charge in [0.2, 0.25) is 5.13 Å². The number of hydrogen-bond donors (Lipinski definition) is 2. The van der Waals surface area contributed by atoms with Gasteiger partial charge in [-0.15, -0.1) is 10.2 Å². The molecular formula is C12H18N4O4S. The van der Waals surface area contributed by atoms with Gasteiger partial charge in [-0.2, -0.15) is 0 Å². The molecule has 2 amide bonds. The minimum Gasteiger partial charge on any atom is -0.479 e. The van der Waals surface area contributed by atoms with Crippen molar-refractivity contribution in [1.82, 2.24) is 15.1 Å². The molecule has 2 heterocycles. The van der Waals surface area contributed by atoms with E-state index in [0.717, 1.165) is 11.4 Å². The number of carbonyl (C=O) groups excluding carboxylic acids is 1. The summed E-state index contributed by atoms with van der Waals surface area (Å²) >= 11 is 1.33. The molecule has 1 fully saturated rings. The average Bonchev–Trinajstić information content (AvgIpc) is 2.85. The zero-order valence-electron chi connectivity index (χ0n) is 11.9. The van der Waals surface area contributed by atoms with E-state index in [0.29, 0.717) is 17.6 Å². The first-order valence-corrected chi connectivity index (χ1v) is 7.50. The minimum absolute atomic E-state index is 0.0266. The largest absolute Gasteiger partial charge is 0.479 e. The van der Waals surface area contributed by atoms with E-state index in [1.165, 1.54) is 16.2 Å². The molecule has 0 saturated carbocycles. The first-order valence-electron chi connectivity index (χ1n) is 6.68. The fourth-order valence-corrected chi connectivity index (χ4v) is 2.83. The van der Waals surface area contributed by atoms with Crippen LogP contribution in [0.1, 0.15) is 18.9 Å². The molecule has 1 saturated heterocycles. The third kappa shape index (κ3) is 4.36. The number of carboxylic acids is 1. The topological polar surface area (TPSA) is 105 Å². The lowest BCUT2D eigenvalue weighted by Crippen LogP contribution is -2.49. The van der Waals surface area contributed by atoms with Gasteiger partial charge in [0, 0.05) is 13.0 Å². The zero-order chi connectivity index (χ0) is 15.4. The van der Waals surface area contributed by atoms with Crippen molar-refractivity contribution in [2.24, 2.45) is 5.92 Å². The van der Waals surface area contributed by atoms with Crippen LogP contribution in [0.25, 0.3) is 0 Å². The third-order valence-corrected chi connectivity index (χ3v) is 3.75. The van der Waals surface area contributed by atoms with Crippen LogP contribution >= 0.6 is 11.3 Å². The number of morpholine rings is 1. The van der Waals surface area contributed by atoms with Crippen LogP contribution in [0, 0.1) is 5.92 Å². The van der Waals surface area contributed by atoms with Crippen molar-refractivity contribution in [3.63, 3.8) is 0 Å². The van der Waals surface area contributed by atoms with E-state index in [2.05, 4.69) is 29.4 Å². The van der Waals surface area contributed by atoms with Gasteiger partial charge >= 0.3 is 12.0 Å². The van der Waals surface area contributed by atoms with Crippen LogP contribution in [0.15, 0.2) is 0 Å². The number of carboxylic acid groups (broad SMARTS) is 1. The van der Waals surface area contributed by atoms with Gasteiger partial charge in [-0.3, -0.25) is 5.32 Å². The molecule has 0 spiro atoms. The number of carbonyl (C=O) groups is 2. The monoisotopic (exact) mass is 314 g/mol. The number of nitrogens with zero attached hydrogens (tertiary/aromatic N) is 3. The van der Waals surface area contributed by atoms with Gasteiger partial charge in [-0.1, -0.05) is 25.2 Å². The number of nitrogens with one attached hydrogen (secondary N) is 1. The summed E-state index contributed by atoms with van der Waals surface area (Å²) in [5, 5.41) is 20.8. The number of ether oxygens (including phenoxy) is 1. The molecule has 1 aliphatic rings. The predicted octanol–water partition coefficient (Wildman–Crippen LogP) is 1.05. The number of rotatable bonds is 4. The summed E-state index contributed by atoms with van der Waals surface area (Å²) in [6.07, 6.45) is -0.165. The van der Waals surface area contributed by atoms with Crippen LogP contribution in [0.2, 0.25) is 0 Å². The first-order chi connectivity index (χ1) is 9.95. The maximum Gasteiger partial charge on any atom is 0.334 e. The highest BCUT2D eigenvalue weighted by Gasteiger charge is 2.29. The van der Waals surface area contributed by atoms with Gasteiger partial charge in [0.1, 0.15) is 5.01 Å². The van der Waals surface area contributed by atoms with E-state index in [1.54, 1.807) is 0 Å². The lowest BCUT2D eigenvalue weighted by atomic mass is 10.1. The van der Waals surface area contributed by atoms with Crippen LogP contribution in [0.3, 0.4) is 0 Å². The maximum atomic E-state index is 12.1. The van der Waals surface area contributed by atoms with E-state index in [1.807, 2.05) is 0 Å². The van der Waals surface area contributed by atoms with Gasteiger partial charge in [0.25, 0.3) is 0 Å². The number of aliphatic carboxylic acids is 1. The van der Waals surface area contributed by atoms with Crippen molar-refractivity contribution < 1.29 is 19.4 Å².